The first-order chi connectivity index (χ1) is 13.1. The number of hydrogen-bond acceptors (Lipinski definition) is 6. The molecule has 0 bridgehead atoms. The number of aromatic nitrogens is 1. The van der Waals surface area contributed by atoms with Crippen molar-refractivity contribution in [2.45, 2.75) is 47.9 Å². The van der Waals surface area contributed by atoms with Crippen molar-refractivity contribution in [3.05, 3.63) is 36.1 Å². The van der Waals surface area contributed by atoms with Gasteiger partial charge in [0.2, 0.25) is 5.76 Å². The smallest absolute Gasteiger partial charge is 0.291 e. The van der Waals surface area contributed by atoms with Gasteiger partial charge in [-0.2, -0.15) is 0 Å². The fourth-order valence-corrected chi connectivity index (χ4v) is 4.30. The highest BCUT2D eigenvalue weighted by molar-refractivity contribution is 7.99. The van der Waals surface area contributed by atoms with Crippen LogP contribution in [0.25, 0.3) is 0 Å². The summed E-state index contributed by atoms with van der Waals surface area (Å²) in [6, 6.07) is 9.80. The van der Waals surface area contributed by atoms with Gasteiger partial charge in [0.15, 0.2) is 0 Å². The molecule has 0 aliphatic heterocycles. The van der Waals surface area contributed by atoms with Gasteiger partial charge in [-0.3, -0.25) is 4.79 Å². The molecule has 0 saturated heterocycles. The minimum Gasteiger partial charge on any atom is -0.473 e. The SMILES string of the molecule is C[C@H]1CC1CC1(NC(=O)c2onc(OCCN)c2Sc2ccccc2)CC1. The van der Waals surface area contributed by atoms with Crippen LogP contribution in [0.5, 0.6) is 5.88 Å². The van der Waals surface area contributed by atoms with E-state index in [9.17, 15) is 4.79 Å². The third kappa shape index (κ3) is 4.30. The van der Waals surface area contributed by atoms with E-state index in [1.54, 1.807) is 0 Å². The van der Waals surface area contributed by atoms with Crippen LogP contribution >= 0.6 is 11.8 Å². The summed E-state index contributed by atoms with van der Waals surface area (Å²) in [6.07, 6.45) is 4.40. The van der Waals surface area contributed by atoms with Crippen LogP contribution in [0.3, 0.4) is 0 Å². The largest absolute Gasteiger partial charge is 0.473 e. The second kappa shape index (κ2) is 7.56. The van der Waals surface area contributed by atoms with E-state index in [1.807, 2.05) is 30.3 Å². The Hall–Kier alpha value is -1.99. The third-order valence-corrected chi connectivity index (χ3v) is 6.38. The summed E-state index contributed by atoms with van der Waals surface area (Å²) < 4.78 is 11.0. The average Bonchev–Trinajstić information content (AvgIpc) is 3.54. The zero-order valence-corrected chi connectivity index (χ0v) is 16.3. The molecule has 2 aliphatic carbocycles. The number of ether oxygens (including phenoxy) is 1. The Labute approximate surface area is 163 Å². The van der Waals surface area contributed by atoms with Gasteiger partial charge in [-0.25, -0.2) is 0 Å². The van der Waals surface area contributed by atoms with Gasteiger partial charge < -0.3 is 20.3 Å². The summed E-state index contributed by atoms with van der Waals surface area (Å²) in [5.74, 6) is 1.84. The van der Waals surface area contributed by atoms with Gasteiger partial charge in [-0.05, 0) is 54.8 Å². The molecule has 1 heterocycles. The van der Waals surface area contributed by atoms with E-state index in [-0.39, 0.29) is 17.2 Å². The normalized spacial score (nSPS) is 22.3. The number of rotatable bonds is 9. The molecule has 2 fully saturated rings. The number of nitrogens with zero attached hydrogens (tertiary/aromatic N) is 1. The molecule has 2 aromatic rings. The lowest BCUT2D eigenvalue weighted by Gasteiger charge is -2.16. The summed E-state index contributed by atoms with van der Waals surface area (Å²) in [4.78, 5) is 14.5. The van der Waals surface area contributed by atoms with Crippen molar-refractivity contribution in [2.24, 2.45) is 17.6 Å². The van der Waals surface area contributed by atoms with Gasteiger partial charge in [-0.1, -0.05) is 36.9 Å². The molecular formula is C20H25N3O3S. The Morgan fingerprint density at radius 1 is 1.41 bits per heavy atom. The van der Waals surface area contributed by atoms with Gasteiger partial charge in [-0.15, -0.1) is 0 Å². The molecule has 1 aromatic carbocycles. The Balaban J connectivity index is 1.52. The van der Waals surface area contributed by atoms with Crippen LogP contribution in [0, 0.1) is 11.8 Å². The molecule has 1 aromatic heterocycles. The number of hydrogen-bond donors (Lipinski definition) is 2. The number of carbonyl (C=O) groups excluding carboxylic acids is 1. The van der Waals surface area contributed by atoms with Crippen LogP contribution in [0.4, 0.5) is 0 Å². The molecular weight excluding hydrogens is 362 g/mol. The van der Waals surface area contributed by atoms with Crippen molar-refractivity contribution in [3.63, 3.8) is 0 Å². The van der Waals surface area contributed by atoms with Crippen LogP contribution < -0.4 is 15.8 Å². The number of amides is 1. The molecule has 1 amide bonds. The van der Waals surface area contributed by atoms with Crippen molar-refractivity contribution >= 4 is 17.7 Å². The lowest BCUT2D eigenvalue weighted by atomic mass is 10.1. The quantitative estimate of drug-likeness (QED) is 0.685. The zero-order chi connectivity index (χ0) is 18.9. The number of nitrogens with two attached hydrogens (primary N) is 1. The van der Waals surface area contributed by atoms with Crippen LogP contribution in [0.1, 0.15) is 43.2 Å². The predicted octanol–water partition coefficient (Wildman–Crippen LogP) is 3.47. The van der Waals surface area contributed by atoms with Crippen molar-refractivity contribution in [2.75, 3.05) is 13.2 Å². The van der Waals surface area contributed by atoms with Gasteiger partial charge in [0.1, 0.15) is 11.5 Å². The van der Waals surface area contributed by atoms with Crippen LogP contribution in [0.15, 0.2) is 44.6 Å². The zero-order valence-electron chi connectivity index (χ0n) is 15.4. The molecule has 7 heteroatoms. The topological polar surface area (TPSA) is 90.4 Å². The first-order valence-corrected chi connectivity index (χ1v) is 10.3. The summed E-state index contributed by atoms with van der Waals surface area (Å²) in [5.41, 5.74) is 5.47. The highest BCUT2D eigenvalue weighted by atomic mass is 32.2. The van der Waals surface area contributed by atoms with E-state index in [0.29, 0.717) is 23.9 Å². The maximum absolute atomic E-state index is 12.9. The van der Waals surface area contributed by atoms with Crippen molar-refractivity contribution in [1.82, 2.24) is 10.5 Å². The fraction of sp³-hybridized carbons (Fsp3) is 0.500. The summed E-state index contributed by atoms with van der Waals surface area (Å²) >= 11 is 1.42. The minimum atomic E-state index is -0.214. The average molecular weight is 388 g/mol. The predicted molar refractivity (Wildman–Crippen MR) is 103 cm³/mol. The first kappa shape index (κ1) is 18.4. The molecule has 27 heavy (non-hydrogen) atoms. The van der Waals surface area contributed by atoms with Gasteiger partial charge in [0, 0.05) is 17.0 Å². The fourth-order valence-electron chi connectivity index (χ4n) is 3.37. The van der Waals surface area contributed by atoms with E-state index < -0.39 is 0 Å². The van der Waals surface area contributed by atoms with E-state index in [4.69, 9.17) is 15.0 Å². The first-order valence-electron chi connectivity index (χ1n) is 9.48. The van der Waals surface area contributed by atoms with Crippen molar-refractivity contribution < 1.29 is 14.1 Å². The molecule has 6 nitrogen and oxygen atoms in total. The molecule has 1 unspecified atom stereocenters. The highest BCUT2D eigenvalue weighted by Gasteiger charge is 2.50. The van der Waals surface area contributed by atoms with Crippen LogP contribution in [0.2, 0.25) is 0 Å². The van der Waals surface area contributed by atoms with Gasteiger partial charge >= 0.3 is 0 Å². The molecule has 0 spiro atoms. The molecule has 2 aliphatic rings. The lowest BCUT2D eigenvalue weighted by molar-refractivity contribution is 0.0885. The molecule has 0 radical (unpaired) electrons. The number of carbonyl (C=O) groups is 1. The molecule has 2 saturated carbocycles. The van der Waals surface area contributed by atoms with E-state index in [0.717, 1.165) is 36.0 Å². The number of nitrogens with one attached hydrogen (secondary N) is 1. The molecule has 2 atom stereocenters. The molecule has 4 rings (SSSR count). The van der Waals surface area contributed by atoms with Crippen LogP contribution in [-0.2, 0) is 0 Å². The van der Waals surface area contributed by atoms with E-state index >= 15 is 0 Å². The van der Waals surface area contributed by atoms with Gasteiger partial charge in [0.05, 0.1) is 0 Å². The lowest BCUT2D eigenvalue weighted by Crippen LogP contribution is -2.37. The minimum absolute atomic E-state index is 0.0632. The Morgan fingerprint density at radius 3 is 2.78 bits per heavy atom. The Kier molecular flexibility index (Phi) is 5.14. The third-order valence-electron chi connectivity index (χ3n) is 5.31. The standard InChI is InChI=1S/C20H25N3O3S/c1-13-11-14(13)12-20(7-8-20)22-18(24)16-17(19(23-26-16)25-10-9-21)27-15-5-3-2-4-6-15/h2-6,13-14H,7-12,21H2,1H3,(H,22,24)/t13-,14?/m0/s1. The maximum Gasteiger partial charge on any atom is 0.291 e. The van der Waals surface area contributed by atoms with Crippen LogP contribution in [-0.4, -0.2) is 29.8 Å². The van der Waals surface area contributed by atoms with Gasteiger partial charge in [0.25, 0.3) is 11.8 Å². The monoisotopic (exact) mass is 387 g/mol. The van der Waals surface area contributed by atoms with Crippen molar-refractivity contribution in [1.29, 1.82) is 0 Å². The summed E-state index contributed by atoms with van der Waals surface area (Å²) in [6.45, 7) is 2.96. The summed E-state index contributed by atoms with van der Waals surface area (Å²) in [5, 5.41) is 7.18. The Morgan fingerprint density at radius 2 is 2.15 bits per heavy atom. The molecule has 3 N–H and O–H groups in total. The van der Waals surface area contributed by atoms with E-state index in [1.165, 1.54) is 18.2 Å². The Bertz CT molecular complexity index is 804. The van der Waals surface area contributed by atoms with E-state index in [2.05, 4.69) is 17.4 Å². The molecule has 144 valence electrons. The summed E-state index contributed by atoms with van der Waals surface area (Å²) in [7, 11) is 0. The highest BCUT2D eigenvalue weighted by Crippen LogP contribution is 2.51. The second-order valence-corrected chi connectivity index (χ2v) is 8.69. The number of benzene rings is 1. The second-order valence-electron chi connectivity index (χ2n) is 7.61. The maximum atomic E-state index is 12.9. The van der Waals surface area contributed by atoms with Crippen molar-refractivity contribution in [3.8, 4) is 5.88 Å².